The minimum Gasteiger partial charge on any atom is -0.388 e. The lowest BCUT2D eigenvalue weighted by Gasteiger charge is -2.32. The van der Waals surface area contributed by atoms with Gasteiger partial charge in [-0.1, -0.05) is 28.1 Å². The summed E-state index contributed by atoms with van der Waals surface area (Å²) in [5.41, 5.74) is 5.69. The average molecular weight is 334 g/mol. The molecule has 0 spiro atoms. The van der Waals surface area contributed by atoms with Gasteiger partial charge in [0.25, 0.3) is 0 Å². The summed E-state index contributed by atoms with van der Waals surface area (Å²) in [6.07, 6.45) is -0.420. The van der Waals surface area contributed by atoms with E-state index >= 15 is 0 Å². The summed E-state index contributed by atoms with van der Waals surface area (Å²) >= 11 is 3.32. The van der Waals surface area contributed by atoms with Crippen molar-refractivity contribution in [2.45, 2.75) is 12.5 Å². The third-order valence-electron chi connectivity index (χ3n) is 3.59. The van der Waals surface area contributed by atoms with Crippen LogP contribution >= 0.6 is 15.9 Å². The third-order valence-corrected chi connectivity index (χ3v) is 5.96. The van der Waals surface area contributed by atoms with Crippen LogP contribution in [0.2, 0.25) is 0 Å². The van der Waals surface area contributed by atoms with E-state index in [0.717, 1.165) is 4.47 Å². The van der Waals surface area contributed by atoms with Crippen LogP contribution in [0.1, 0.15) is 18.1 Å². The first-order valence-corrected chi connectivity index (χ1v) is 8.34. The summed E-state index contributed by atoms with van der Waals surface area (Å²) in [5.74, 6) is 0.0749. The molecule has 0 radical (unpaired) electrons. The van der Waals surface area contributed by atoms with Gasteiger partial charge in [0, 0.05) is 16.4 Å². The lowest BCUT2D eigenvalue weighted by Crippen LogP contribution is -2.38. The molecule has 2 atom stereocenters. The highest BCUT2D eigenvalue weighted by Crippen LogP contribution is 2.42. The van der Waals surface area contributed by atoms with Crippen LogP contribution in [0.25, 0.3) is 0 Å². The molecule has 6 heteroatoms. The van der Waals surface area contributed by atoms with Crippen molar-refractivity contribution >= 4 is 25.8 Å². The molecule has 0 aromatic heterocycles. The molecule has 2 rings (SSSR count). The van der Waals surface area contributed by atoms with Gasteiger partial charge in [-0.2, -0.15) is 0 Å². The largest absolute Gasteiger partial charge is 0.388 e. The number of halogens is 1. The number of hydrogen-bond donors (Lipinski definition) is 2. The normalized spacial score (nSPS) is 28.2. The number of sulfone groups is 1. The van der Waals surface area contributed by atoms with Crippen LogP contribution in [0.15, 0.2) is 28.7 Å². The van der Waals surface area contributed by atoms with Crippen molar-refractivity contribution in [1.82, 2.24) is 0 Å². The molecule has 0 bridgehead atoms. The Labute approximate surface area is 115 Å². The first kappa shape index (κ1) is 14.0. The quantitative estimate of drug-likeness (QED) is 0.872. The molecule has 1 saturated heterocycles. The maximum atomic E-state index is 11.6. The fourth-order valence-electron chi connectivity index (χ4n) is 2.43. The van der Waals surface area contributed by atoms with E-state index in [1.807, 2.05) is 12.1 Å². The summed E-state index contributed by atoms with van der Waals surface area (Å²) < 4.78 is 24.2. The minimum absolute atomic E-state index is 0.0340. The molecule has 4 nitrogen and oxygen atoms in total. The lowest BCUT2D eigenvalue weighted by molar-refractivity contribution is 0.0472. The van der Waals surface area contributed by atoms with Crippen molar-refractivity contribution in [3.63, 3.8) is 0 Å². The maximum Gasteiger partial charge on any atom is 0.151 e. The van der Waals surface area contributed by atoms with Crippen molar-refractivity contribution in [2.24, 2.45) is 11.1 Å². The Morgan fingerprint density at radius 1 is 1.39 bits per heavy atom. The predicted molar refractivity (Wildman–Crippen MR) is 73.9 cm³/mol. The van der Waals surface area contributed by atoms with Gasteiger partial charge in [0.1, 0.15) is 0 Å². The molecule has 1 aliphatic heterocycles. The second-order valence-corrected chi connectivity index (χ2v) is 7.96. The van der Waals surface area contributed by atoms with E-state index in [1.54, 1.807) is 12.1 Å². The van der Waals surface area contributed by atoms with E-state index in [-0.39, 0.29) is 18.1 Å². The van der Waals surface area contributed by atoms with Crippen LogP contribution in [-0.2, 0) is 9.84 Å². The molecule has 0 saturated carbocycles. The van der Waals surface area contributed by atoms with E-state index in [0.29, 0.717) is 12.0 Å². The van der Waals surface area contributed by atoms with Crippen LogP contribution in [0, 0.1) is 5.41 Å². The van der Waals surface area contributed by atoms with E-state index in [2.05, 4.69) is 15.9 Å². The number of aliphatic hydroxyl groups is 1. The fourth-order valence-corrected chi connectivity index (χ4v) is 4.85. The molecular formula is C12H16BrNO3S. The van der Waals surface area contributed by atoms with E-state index in [4.69, 9.17) is 5.73 Å². The molecular weight excluding hydrogens is 318 g/mol. The fraction of sp³-hybridized carbons (Fsp3) is 0.500. The van der Waals surface area contributed by atoms with Gasteiger partial charge in [-0.15, -0.1) is 0 Å². The van der Waals surface area contributed by atoms with E-state index < -0.39 is 21.4 Å². The number of nitrogens with two attached hydrogens (primary N) is 1. The van der Waals surface area contributed by atoms with Gasteiger partial charge >= 0.3 is 0 Å². The molecule has 0 amide bonds. The molecule has 1 aliphatic rings. The number of benzene rings is 1. The van der Waals surface area contributed by atoms with Crippen molar-refractivity contribution in [3.05, 3.63) is 34.3 Å². The molecule has 1 heterocycles. The van der Waals surface area contributed by atoms with Gasteiger partial charge < -0.3 is 10.8 Å². The van der Waals surface area contributed by atoms with Crippen molar-refractivity contribution in [1.29, 1.82) is 0 Å². The summed E-state index contributed by atoms with van der Waals surface area (Å²) in [7, 11) is -3.08. The predicted octanol–water partition coefficient (Wildman–Crippen LogP) is 1.25. The van der Waals surface area contributed by atoms with Crippen LogP contribution in [0.3, 0.4) is 0 Å². The highest BCUT2D eigenvalue weighted by molar-refractivity contribution is 9.10. The van der Waals surface area contributed by atoms with Crippen molar-refractivity contribution in [2.75, 3.05) is 18.1 Å². The van der Waals surface area contributed by atoms with Gasteiger partial charge in [-0.05, 0) is 24.1 Å². The Bertz CT molecular complexity index is 529. The zero-order valence-electron chi connectivity index (χ0n) is 9.84. The summed E-state index contributed by atoms with van der Waals surface area (Å²) in [6.45, 7) is 0.170. The number of rotatable bonds is 3. The number of hydrogen-bond acceptors (Lipinski definition) is 4. The first-order chi connectivity index (χ1) is 8.38. The first-order valence-electron chi connectivity index (χ1n) is 5.73. The highest BCUT2D eigenvalue weighted by Gasteiger charge is 2.46. The second-order valence-electron chi connectivity index (χ2n) is 4.86. The van der Waals surface area contributed by atoms with Crippen molar-refractivity contribution < 1.29 is 13.5 Å². The monoisotopic (exact) mass is 333 g/mol. The van der Waals surface area contributed by atoms with E-state index in [1.165, 1.54) is 0 Å². The smallest absolute Gasteiger partial charge is 0.151 e. The second kappa shape index (κ2) is 4.92. The highest BCUT2D eigenvalue weighted by atomic mass is 79.9. The average Bonchev–Trinajstić information content (AvgIpc) is 2.66. The molecule has 3 N–H and O–H groups in total. The SMILES string of the molecule is NCC1(C(O)c2ccc(Br)cc2)CCS(=O)(=O)C1. The van der Waals surface area contributed by atoms with Gasteiger partial charge in [-0.25, -0.2) is 8.42 Å². The molecule has 1 fully saturated rings. The van der Waals surface area contributed by atoms with Gasteiger partial charge in [-0.3, -0.25) is 0 Å². The van der Waals surface area contributed by atoms with Crippen LogP contribution in [0.4, 0.5) is 0 Å². The molecule has 0 aliphatic carbocycles. The topological polar surface area (TPSA) is 80.4 Å². The molecule has 1 aromatic rings. The Balaban J connectivity index is 2.31. The standard InChI is InChI=1S/C12H16BrNO3S/c13-10-3-1-9(2-4-10)11(15)12(7-14)5-6-18(16,17)8-12/h1-4,11,15H,5-8,14H2. The number of aliphatic hydroxyl groups excluding tert-OH is 1. The third kappa shape index (κ3) is 2.61. The summed E-state index contributed by atoms with van der Waals surface area (Å²) in [5, 5.41) is 10.4. The van der Waals surface area contributed by atoms with Crippen LogP contribution in [-0.4, -0.2) is 31.6 Å². The lowest BCUT2D eigenvalue weighted by atomic mass is 9.78. The van der Waals surface area contributed by atoms with Gasteiger partial charge in [0.15, 0.2) is 9.84 Å². The Morgan fingerprint density at radius 2 is 2.00 bits per heavy atom. The molecule has 2 unspecified atom stereocenters. The Hall–Kier alpha value is -0.430. The Morgan fingerprint density at radius 3 is 2.44 bits per heavy atom. The minimum atomic E-state index is -3.08. The summed E-state index contributed by atoms with van der Waals surface area (Å²) in [4.78, 5) is 0. The van der Waals surface area contributed by atoms with Crippen molar-refractivity contribution in [3.8, 4) is 0 Å². The van der Waals surface area contributed by atoms with Gasteiger partial charge in [0.05, 0.1) is 17.6 Å². The zero-order chi connectivity index (χ0) is 13.4. The maximum absolute atomic E-state index is 11.6. The molecule has 18 heavy (non-hydrogen) atoms. The van der Waals surface area contributed by atoms with Crippen LogP contribution in [0.5, 0.6) is 0 Å². The molecule has 1 aromatic carbocycles. The molecule has 100 valence electrons. The van der Waals surface area contributed by atoms with Gasteiger partial charge in [0.2, 0.25) is 0 Å². The Kier molecular flexibility index (Phi) is 3.82. The zero-order valence-corrected chi connectivity index (χ0v) is 12.2. The summed E-state index contributed by atoms with van der Waals surface area (Å²) in [6, 6.07) is 7.23. The van der Waals surface area contributed by atoms with Crippen LogP contribution < -0.4 is 5.73 Å². The van der Waals surface area contributed by atoms with E-state index in [9.17, 15) is 13.5 Å².